The first-order valence-corrected chi connectivity index (χ1v) is 14.9. The topological polar surface area (TPSA) is 106 Å². The predicted octanol–water partition coefficient (Wildman–Crippen LogP) is 4.52. The van der Waals surface area contributed by atoms with E-state index in [-0.39, 0.29) is 24.1 Å². The summed E-state index contributed by atoms with van der Waals surface area (Å²) in [4.78, 5) is 23.9. The van der Waals surface area contributed by atoms with E-state index >= 15 is 0 Å². The van der Waals surface area contributed by atoms with Crippen LogP contribution in [0.4, 0.5) is 20.7 Å². The standard InChI is InChI=1S/C31H28FN7O3S/c32-22-3-1-2-20(12-22)18-39-28-7-5-24(13-21(28)16-36-39)37-30-29-27(34-19-35-30)15-26(43-29)6-4-23-14-25(17-33-23)42-31(40)38-8-10-41-11-9-38/h1-3,5,7,12-13,15-16,19,23,25,33H,8-11,14,17-18H2,(H,34,35,37)/t23-,25-/m0/s1. The quantitative estimate of drug-likeness (QED) is 0.285. The molecular formula is C31H28FN7O3S. The Morgan fingerprint density at radius 2 is 2.09 bits per heavy atom. The lowest BCUT2D eigenvalue weighted by Crippen LogP contribution is -2.42. The van der Waals surface area contributed by atoms with Gasteiger partial charge in [-0.3, -0.25) is 10.00 Å². The number of anilines is 2. The number of hydrogen-bond donors (Lipinski definition) is 2. The molecule has 2 fully saturated rings. The van der Waals surface area contributed by atoms with Gasteiger partial charge in [-0.2, -0.15) is 5.10 Å². The summed E-state index contributed by atoms with van der Waals surface area (Å²) >= 11 is 1.53. The van der Waals surface area contributed by atoms with E-state index in [4.69, 9.17) is 9.47 Å². The molecule has 2 aliphatic heterocycles. The number of ether oxygens (including phenoxy) is 2. The summed E-state index contributed by atoms with van der Waals surface area (Å²) < 4.78 is 27.4. The Balaban J connectivity index is 1.02. The van der Waals surface area contributed by atoms with Gasteiger partial charge in [0, 0.05) is 37.1 Å². The number of halogens is 1. The molecule has 3 aromatic heterocycles. The predicted molar refractivity (Wildman–Crippen MR) is 162 cm³/mol. The van der Waals surface area contributed by atoms with Crippen molar-refractivity contribution in [2.75, 3.05) is 38.2 Å². The molecule has 43 heavy (non-hydrogen) atoms. The summed E-state index contributed by atoms with van der Waals surface area (Å²) in [5, 5.41) is 12.2. The molecule has 0 bridgehead atoms. The molecule has 12 heteroatoms. The van der Waals surface area contributed by atoms with Crippen LogP contribution in [0.1, 0.15) is 16.9 Å². The van der Waals surface area contributed by atoms with Crippen molar-refractivity contribution < 1.29 is 18.7 Å². The summed E-state index contributed by atoms with van der Waals surface area (Å²) in [6.45, 7) is 3.27. The third-order valence-electron chi connectivity index (χ3n) is 7.43. The Bertz CT molecular complexity index is 1860. The second-order valence-corrected chi connectivity index (χ2v) is 11.5. The molecule has 10 nitrogen and oxygen atoms in total. The number of fused-ring (bicyclic) bond motifs is 2. The molecule has 1 amide bonds. The average Bonchev–Trinajstić information content (AvgIpc) is 3.75. The van der Waals surface area contributed by atoms with Crippen LogP contribution >= 0.6 is 11.3 Å². The second kappa shape index (κ2) is 12.0. The number of nitrogens with one attached hydrogen (secondary N) is 2. The number of thiophene rings is 1. The van der Waals surface area contributed by atoms with Crippen molar-refractivity contribution in [2.45, 2.75) is 25.1 Å². The van der Waals surface area contributed by atoms with Crippen LogP contribution in [-0.4, -0.2) is 75.7 Å². The number of carbonyl (C=O) groups excluding carboxylic acids is 1. The van der Waals surface area contributed by atoms with E-state index in [1.807, 2.05) is 35.0 Å². The average molecular weight is 598 g/mol. The molecule has 2 N–H and O–H groups in total. The third kappa shape index (κ3) is 6.15. The molecule has 0 saturated carbocycles. The normalized spacial score (nSPS) is 18.5. The van der Waals surface area contributed by atoms with Crippen molar-refractivity contribution in [1.82, 2.24) is 30.0 Å². The molecule has 2 aliphatic rings. The van der Waals surface area contributed by atoms with Crippen molar-refractivity contribution in [1.29, 1.82) is 0 Å². The molecule has 2 atom stereocenters. The van der Waals surface area contributed by atoms with Crippen molar-refractivity contribution in [2.24, 2.45) is 0 Å². The van der Waals surface area contributed by atoms with Gasteiger partial charge in [0.05, 0.1) is 52.6 Å². The molecule has 218 valence electrons. The third-order valence-corrected chi connectivity index (χ3v) is 8.48. The minimum atomic E-state index is -0.288. The highest BCUT2D eigenvalue weighted by atomic mass is 32.1. The van der Waals surface area contributed by atoms with Crippen LogP contribution in [0.3, 0.4) is 0 Å². The van der Waals surface area contributed by atoms with Crippen LogP contribution in [-0.2, 0) is 16.0 Å². The Morgan fingerprint density at radius 1 is 1.19 bits per heavy atom. The second-order valence-electron chi connectivity index (χ2n) is 10.4. The molecule has 2 saturated heterocycles. The van der Waals surface area contributed by atoms with Gasteiger partial charge < -0.3 is 19.7 Å². The Morgan fingerprint density at radius 3 is 2.98 bits per heavy atom. The molecule has 0 aliphatic carbocycles. The van der Waals surface area contributed by atoms with Gasteiger partial charge in [-0.15, -0.1) is 11.3 Å². The molecule has 5 heterocycles. The highest BCUT2D eigenvalue weighted by Gasteiger charge is 2.28. The van der Waals surface area contributed by atoms with Gasteiger partial charge in [-0.05, 0) is 42.0 Å². The molecule has 5 aromatic rings. The maximum Gasteiger partial charge on any atom is 0.410 e. The van der Waals surface area contributed by atoms with Crippen molar-refractivity contribution in [3.05, 3.63) is 77.3 Å². The molecule has 0 radical (unpaired) electrons. The first-order valence-electron chi connectivity index (χ1n) is 14.1. The first kappa shape index (κ1) is 27.3. The number of amides is 1. The van der Waals surface area contributed by atoms with Gasteiger partial charge in [-0.1, -0.05) is 24.0 Å². The number of hydrogen-bond acceptors (Lipinski definition) is 9. The molecule has 0 spiro atoms. The number of carbonyl (C=O) groups is 1. The zero-order valence-corrected chi connectivity index (χ0v) is 23.9. The zero-order valence-electron chi connectivity index (χ0n) is 23.1. The fraction of sp³-hybridized carbons (Fsp3) is 0.290. The molecule has 7 rings (SSSR count). The Labute approximate surface area is 250 Å². The van der Waals surface area contributed by atoms with Crippen molar-refractivity contribution in [3.8, 4) is 11.8 Å². The molecule has 0 unspecified atom stereocenters. The van der Waals surface area contributed by atoms with Crippen LogP contribution in [0.15, 0.2) is 61.1 Å². The van der Waals surface area contributed by atoms with E-state index in [0.717, 1.165) is 37.2 Å². The summed E-state index contributed by atoms with van der Waals surface area (Å²) in [5.74, 6) is 6.98. The highest BCUT2D eigenvalue weighted by Crippen LogP contribution is 2.31. The fourth-order valence-electron chi connectivity index (χ4n) is 5.27. The van der Waals surface area contributed by atoms with E-state index in [1.54, 1.807) is 17.2 Å². The van der Waals surface area contributed by atoms with Crippen LogP contribution in [0, 0.1) is 17.7 Å². The number of rotatable bonds is 5. The van der Waals surface area contributed by atoms with Gasteiger partial charge in [-0.25, -0.2) is 19.2 Å². The Hall–Kier alpha value is -4.57. The van der Waals surface area contributed by atoms with E-state index in [9.17, 15) is 9.18 Å². The molecule has 2 aromatic carbocycles. The van der Waals surface area contributed by atoms with E-state index < -0.39 is 0 Å². The van der Waals surface area contributed by atoms with Gasteiger partial charge in [0.1, 0.15) is 18.2 Å². The maximum atomic E-state index is 13.6. The number of nitrogens with zero attached hydrogens (tertiary/aromatic N) is 5. The molecular weight excluding hydrogens is 569 g/mol. The summed E-state index contributed by atoms with van der Waals surface area (Å²) in [6.07, 6.45) is 3.49. The van der Waals surface area contributed by atoms with Gasteiger partial charge in [0.25, 0.3) is 0 Å². The van der Waals surface area contributed by atoms with Crippen LogP contribution in [0.5, 0.6) is 0 Å². The SMILES string of the molecule is O=C(O[C@@H]1CN[C@@H](C#Cc2cc3ncnc(Nc4ccc5c(cnn5Cc5cccc(F)c5)c4)c3s2)C1)N1CCOCC1. The first-order chi connectivity index (χ1) is 21.1. The lowest BCUT2D eigenvalue weighted by Gasteiger charge is -2.27. The largest absolute Gasteiger partial charge is 0.445 e. The summed E-state index contributed by atoms with van der Waals surface area (Å²) in [7, 11) is 0. The summed E-state index contributed by atoms with van der Waals surface area (Å²) in [6, 6.07) is 14.4. The lowest BCUT2D eigenvalue weighted by molar-refractivity contribution is 0.0156. The van der Waals surface area contributed by atoms with E-state index in [1.165, 1.54) is 29.8 Å². The van der Waals surface area contributed by atoms with Crippen molar-refractivity contribution in [3.63, 3.8) is 0 Å². The smallest absolute Gasteiger partial charge is 0.410 e. The minimum absolute atomic E-state index is 0.0649. The van der Waals surface area contributed by atoms with Crippen molar-refractivity contribution >= 4 is 50.1 Å². The number of benzene rings is 2. The fourth-order valence-corrected chi connectivity index (χ4v) is 6.18. The van der Waals surface area contributed by atoms with Gasteiger partial charge >= 0.3 is 6.09 Å². The minimum Gasteiger partial charge on any atom is -0.445 e. The highest BCUT2D eigenvalue weighted by molar-refractivity contribution is 7.20. The van der Waals surface area contributed by atoms with Crippen LogP contribution in [0.25, 0.3) is 21.1 Å². The Kier molecular flexibility index (Phi) is 7.59. The van der Waals surface area contributed by atoms with Crippen LogP contribution in [0.2, 0.25) is 0 Å². The monoisotopic (exact) mass is 597 g/mol. The maximum absolute atomic E-state index is 13.6. The zero-order chi connectivity index (χ0) is 29.2. The van der Waals surface area contributed by atoms with Crippen LogP contribution < -0.4 is 10.6 Å². The van der Waals surface area contributed by atoms with E-state index in [2.05, 4.69) is 37.5 Å². The summed E-state index contributed by atoms with van der Waals surface area (Å²) in [5.41, 5.74) is 3.48. The lowest BCUT2D eigenvalue weighted by atomic mass is 10.2. The van der Waals surface area contributed by atoms with Gasteiger partial charge in [0.2, 0.25) is 0 Å². The number of morpholine rings is 1. The van der Waals surface area contributed by atoms with E-state index in [0.29, 0.717) is 51.6 Å². The van der Waals surface area contributed by atoms with Gasteiger partial charge in [0.15, 0.2) is 5.82 Å². The number of aromatic nitrogens is 4.